The van der Waals surface area contributed by atoms with Gasteiger partial charge in [0.25, 0.3) is 0 Å². The molecule has 7 heteroatoms. The maximum absolute atomic E-state index is 12.7. The summed E-state index contributed by atoms with van der Waals surface area (Å²) in [5.41, 5.74) is 1.55. The highest BCUT2D eigenvalue weighted by Crippen LogP contribution is 2.22. The maximum Gasteiger partial charge on any atom is 0.404 e. The van der Waals surface area contributed by atoms with Crippen LogP contribution in [0.2, 0.25) is 0 Å². The summed E-state index contributed by atoms with van der Waals surface area (Å²) in [6.07, 6.45) is 1.99. The molecule has 0 aliphatic carbocycles. The largest absolute Gasteiger partial charge is 0.489 e. The minimum absolute atomic E-state index is 0.0527. The first kappa shape index (κ1) is 16.8. The van der Waals surface area contributed by atoms with Gasteiger partial charge in [-0.1, -0.05) is 13.3 Å². The topological polar surface area (TPSA) is 84.6 Å². The Balaban J connectivity index is 1.98. The molecule has 1 heterocycles. The van der Waals surface area contributed by atoms with Crippen molar-refractivity contribution in [3.8, 4) is 5.75 Å². The molecule has 0 atom stereocenters. The number of aryl methyl sites for hydroxylation is 1. The van der Waals surface area contributed by atoms with Crippen LogP contribution in [0.3, 0.4) is 0 Å². The molecule has 1 aromatic carbocycles. The van der Waals surface area contributed by atoms with Gasteiger partial charge in [-0.15, -0.1) is 0 Å². The lowest BCUT2D eigenvalue weighted by molar-refractivity contribution is 0.195. The number of amides is 1. The third kappa shape index (κ3) is 4.98. The molecule has 2 rings (SSSR count). The summed E-state index contributed by atoms with van der Waals surface area (Å²) in [6, 6.07) is 5.17. The Morgan fingerprint density at radius 2 is 2.35 bits per heavy atom. The fraction of sp³-hybridized carbons (Fsp3) is 0.375. The number of hydrogen-bond donors (Lipinski definition) is 2. The minimum Gasteiger partial charge on any atom is -0.489 e. The van der Waals surface area contributed by atoms with E-state index >= 15 is 0 Å². The number of nitrogens with zero attached hydrogens (tertiary/aromatic N) is 1. The number of rotatable bonds is 8. The molecule has 0 fully saturated rings. The molecule has 2 N–H and O–H groups in total. The number of ether oxygens (including phenoxy) is 1. The molecule has 0 saturated carbocycles. The summed E-state index contributed by atoms with van der Waals surface area (Å²) in [5.74, 6) is 1.21. The molecule has 1 amide bonds. The van der Waals surface area contributed by atoms with Gasteiger partial charge in [-0.3, -0.25) is 0 Å². The van der Waals surface area contributed by atoms with Crippen molar-refractivity contribution < 1.29 is 23.4 Å². The van der Waals surface area contributed by atoms with Gasteiger partial charge in [-0.05, 0) is 18.6 Å². The number of benzene rings is 1. The summed E-state index contributed by atoms with van der Waals surface area (Å²) >= 11 is 0. The predicted octanol–water partition coefficient (Wildman–Crippen LogP) is 3.67. The fourth-order valence-corrected chi connectivity index (χ4v) is 1.97. The smallest absolute Gasteiger partial charge is 0.404 e. The molecule has 1 aromatic heterocycles. The molecule has 0 aliphatic heterocycles. The van der Waals surface area contributed by atoms with Crippen molar-refractivity contribution in [2.75, 3.05) is 13.2 Å². The summed E-state index contributed by atoms with van der Waals surface area (Å²) in [7, 11) is 0. The van der Waals surface area contributed by atoms with E-state index in [0.717, 1.165) is 19.3 Å². The number of nitrogens with one attached hydrogen (secondary N) is 1. The summed E-state index contributed by atoms with van der Waals surface area (Å²) in [4.78, 5) is 14.8. The van der Waals surface area contributed by atoms with Crippen LogP contribution in [-0.2, 0) is 6.42 Å². The molecule has 2 aromatic rings. The first-order valence-electron chi connectivity index (χ1n) is 7.39. The number of hydrogen-bond acceptors (Lipinski definition) is 4. The van der Waals surface area contributed by atoms with E-state index < -0.39 is 6.09 Å². The lowest BCUT2D eigenvalue weighted by atomic mass is 10.2. The second-order valence-corrected chi connectivity index (χ2v) is 5.06. The van der Waals surface area contributed by atoms with Crippen molar-refractivity contribution in [3.63, 3.8) is 0 Å². The van der Waals surface area contributed by atoms with E-state index in [4.69, 9.17) is 14.3 Å². The number of carbonyl (C=O) groups is 1. The standard InChI is InChI=1S/C16H19FN2O4/c1-2-3-4-15-19-13-7-12(5-6-14(13)23-15)22-10-11(8-17)9-18-16(20)21/h5-8,18H,2-4,9-10H2,1H3,(H,20,21)/b11-8-. The van der Waals surface area contributed by atoms with Gasteiger partial charge in [0.2, 0.25) is 0 Å². The monoisotopic (exact) mass is 322 g/mol. The zero-order valence-corrected chi connectivity index (χ0v) is 12.8. The van der Waals surface area contributed by atoms with Gasteiger partial charge in [0.1, 0.15) is 17.9 Å². The van der Waals surface area contributed by atoms with E-state index in [1.807, 2.05) is 0 Å². The second-order valence-electron chi connectivity index (χ2n) is 5.06. The Hall–Kier alpha value is -2.57. The molecule has 0 saturated heterocycles. The lowest BCUT2D eigenvalue weighted by Crippen LogP contribution is -2.25. The highest BCUT2D eigenvalue weighted by molar-refractivity contribution is 5.74. The van der Waals surface area contributed by atoms with Crippen molar-refractivity contribution in [3.05, 3.63) is 36.0 Å². The Labute approximate surface area is 133 Å². The Morgan fingerprint density at radius 1 is 1.52 bits per heavy atom. The summed E-state index contributed by atoms with van der Waals surface area (Å²) < 4.78 is 23.8. The van der Waals surface area contributed by atoms with Crippen LogP contribution in [0.5, 0.6) is 5.75 Å². The number of carboxylic acid groups (broad SMARTS) is 1. The zero-order chi connectivity index (χ0) is 16.7. The normalized spacial score (nSPS) is 11.7. The van der Waals surface area contributed by atoms with Crippen LogP contribution in [0.1, 0.15) is 25.7 Å². The summed E-state index contributed by atoms with van der Waals surface area (Å²) in [6.45, 7) is 1.92. The molecule has 0 aliphatic rings. The average Bonchev–Trinajstić information content (AvgIpc) is 2.94. The van der Waals surface area contributed by atoms with Crippen molar-refractivity contribution in [1.29, 1.82) is 0 Å². The highest BCUT2D eigenvalue weighted by Gasteiger charge is 2.08. The number of aromatic nitrogens is 1. The fourth-order valence-electron chi connectivity index (χ4n) is 1.97. The first-order chi connectivity index (χ1) is 11.1. The minimum atomic E-state index is -1.21. The van der Waals surface area contributed by atoms with Gasteiger partial charge < -0.3 is 19.6 Å². The first-order valence-corrected chi connectivity index (χ1v) is 7.39. The average molecular weight is 322 g/mol. The van der Waals surface area contributed by atoms with Crippen LogP contribution in [0.25, 0.3) is 11.1 Å². The van der Waals surface area contributed by atoms with Crippen molar-refractivity contribution >= 4 is 17.2 Å². The Morgan fingerprint density at radius 3 is 3.04 bits per heavy atom. The van der Waals surface area contributed by atoms with E-state index in [1.165, 1.54) is 0 Å². The number of halogens is 1. The van der Waals surface area contributed by atoms with Crippen LogP contribution < -0.4 is 10.1 Å². The van der Waals surface area contributed by atoms with Gasteiger partial charge in [0.15, 0.2) is 11.5 Å². The molecule has 6 nitrogen and oxygen atoms in total. The number of unbranched alkanes of at least 4 members (excludes halogenated alkanes) is 1. The van der Waals surface area contributed by atoms with E-state index in [9.17, 15) is 9.18 Å². The molecular weight excluding hydrogens is 303 g/mol. The lowest BCUT2D eigenvalue weighted by Gasteiger charge is -2.08. The van der Waals surface area contributed by atoms with Crippen molar-refractivity contribution in [2.24, 2.45) is 0 Å². The van der Waals surface area contributed by atoms with Gasteiger partial charge in [-0.25, -0.2) is 14.2 Å². The van der Waals surface area contributed by atoms with Crippen LogP contribution in [0, 0.1) is 0 Å². The maximum atomic E-state index is 12.7. The quantitative estimate of drug-likeness (QED) is 0.774. The van der Waals surface area contributed by atoms with Crippen LogP contribution in [0.4, 0.5) is 9.18 Å². The van der Waals surface area contributed by atoms with Crippen LogP contribution >= 0.6 is 0 Å². The molecule has 23 heavy (non-hydrogen) atoms. The molecule has 0 spiro atoms. The van der Waals surface area contributed by atoms with E-state index in [1.54, 1.807) is 18.2 Å². The zero-order valence-electron chi connectivity index (χ0n) is 12.8. The van der Waals surface area contributed by atoms with Crippen molar-refractivity contribution in [2.45, 2.75) is 26.2 Å². The SMILES string of the molecule is CCCCc1nc2cc(OC/C(=C\F)CNC(=O)O)ccc2o1. The number of oxazole rings is 1. The molecule has 124 valence electrons. The Bertz CT molecular complexity index is 696. The van der Waals surface area contributed by atoms with Crippen LogP contribution in [0.15, 0.2) is 34.5 Å². The van der Waals surface area contributed by atoms with Gasteiger partial charge in [-0.2, -0.15) is 0 Å². The van der Waals surface area contributed by atoms with Crippen LogP contribution in [-0.4, -0.2) is 29.3 Å². The molecule has 0 unspecified atom stereocenters. The molecule has 0 bridgehead atoms. The third-order valence-electron chi connectivity index (χ3n) is 3.19. The third-order valence-corrected chi connectivity index (χ3v) is 3.19. The number of fused-ring (bicyclic) bond motifs is 1. The van der Waals surface area contributed by atoms with Gasteiger partial charge in [0, 0.05) is 24.6 Å². The van der Waals surface area contributed by atoms with E-state index in [-0.39, 0.29) is 18.7 Å². The molecule has 0 radical (unpaired) electrons. The van der Waals surface area contributed by atoms with Gasteiger partial charge >= 0.3 is 6.09 Å². The van der Waals surface area contributed by atoms with Gasteiger partial charge in [0.05, 0.1) is 6.33 Å². The highest BCUT2D eigenvalue weighted by atomic mass is 19.1. The second kappa shape index (κ2) is 8.17. The molecular formula is C16H19FN2O4. The van der Waals surface area contributed by atoms with Crippen molar-refractivity contribution in [1.82, 2.24) is 10.3 Å². The summed E-state index contributed by atoms with van der Waals surface area (Å²) in [5, 5.41) is 10.6. The predicted molar refractivity (Wildman–Crippen MR) is 83.3 cm³/mol. The Kier molecular flexibility index (Phi) is 5.96. The van der Waals surface area contributed by atoms with E-state index in [0.29, 0.717) is 29.1 Å². The van der Waals surface area contributed by atoms with E-state index in [2.05, 4.69) is 17.2 Å².